The van der Waals surface area contributed by atoms with E-state index in [1.54, 1.807) is 6.07 Å². The minimum Gasteiger partial charge on any atom is -0.326 e. The van der Waals surface area contributed by atoms with Crippen LogP contribution in [0.25, 0.3) is 0 Å². The standard InChI is InChI=1S/C17H18N2O2/c1-12-6-5-8-14(10-12)18-16(20)11-17(21)19-15-9-4-3-7-13(15)2/h3-10H,11H2,1-2H3,(H,18,20)(H,19,21). The van der Waals surface area contributed by atoms with Gasteiger partial charge in [-0.3, -0.25) is 9.59 Å². The zero-order chi connectivity index (χ0) is 15.2. The maximum atomic E-state index is 11.9. The quantitative estimate of drug-likeness (QED) is 0.846. The summed E-state index contributed by atoms with van der Waals surface area (Å²) in [5, 5.41) is 5.45. The Labute approximate surface area is 124 Å². The summed E-state index contributed by atoms with van der Waals surface area (Å²) in [7, 11) is 0. The van der Waals surface area contributed by atoms with E-state index in [9.17, 15) is 9.59 Å². The van der Waals surface area contributed by atoms with Crippen molar-refractivity contribution in [2.45, 2.75) is 20.3 Å². The average Bonchev–Trinajstić information content (AvgIpc) is 2.41. The fraction of sp³-hybridized carbons (Fsp3) is 0.176. The van der Waals surface area contributed by atoms with Gasteiger partial charge in [-0.2, -0.15) is 0 Å². The lowest BCUT2D eigenvalue weighted by atomic mass is 10.2. The minimum atomic E-state index is -0.327. The van der Waals surface area contributed by atoms with Crippen molar-refractivity contribution >= 4 is 23.2 Å². The van der Waals surface area contributed by atoms with Crippen LogP contribution in [0.5, 0.6) is 0 Å². The predicted molar refractivity (Wildman–Crippen MR) is 84.2 cm³/mol. The Morgan fingerprint density at radius 2 is 1.62 bits per heavy atom. The van der Waals surface area contributed by atoms with Crippen LogP contribution in [-0.4, -0.2) is 11.8 Å². The van der Waals surface area contributed by atoms with Gasteiger partial charge >= 0.3 is 0 Å². The molecule has 4 heteroatoms. The Hall–Kier alpha value is -2.62. The normalized spacial score (nSPS) is 10.0. The molecule has 0 aliphatic rings. The summed E-state index contributed by atoms with van der Waals surface area (Å²) in [6.07, 6.45) is -0.206. The van der Waals surface area contributed by atoms with Crippen LogP contribution in [0.4, 0.5) is 11.4 Å². The number of nitrogens with one attached hydrogen (secondary N) is 2. The number of hydrogen-bond acceptors (Lipinski definition) is 2. The predicted octanol–water partition coefficient (Wildman–Crippen LogP) is 3.27. The van der Waals surface area contributed by atoms with Gasteiger partial charge in [-0.05, 0) is 43.2 Å². The second-order valence-electron chi connectivity index (χ2n) is 4.96. The third-order valence-electron chi connectivity index (χ3n) is 3.04. The lowest BCUT2D eigenvalue weighted by Crippen LogP contribution is -2.21. The molecule has 0 heterocycles. The van der Waals surface area contributed by atoms with E-state index < -0.39 is 0 Å². The van der Waals surface area contributed by atoms with E-state index in [4.69, 9.17) is 0 Å². The third kappa shape index (κ3) is 4.45. The van der Waals surface area contributed by atoms with E-state index in [0.29, 0.717) is 5.69 Å². The van der Waals surface area contributed by atoms with Gasteiger partial charge in [0.05, 0.1) is 0 Å². The summed E-state index contributed by atoms with van der Waals surface area (Å²) in [5.74, 6) is -0.652. The molecule has 2 amide bonds. The highest BCUT2D eigenvalue weighted by Crippen LogP contribution is 2.14. The van der Waals surface area contributed by atoms with Gasteiger partial charge < -0.3 is 10.6 Å². The molecular weight excluding hydrogens is 264 g/mol. The molecule has 0 saturated carbocycles. The summed E-state index contributed by atoms with van der Waals surface area (Å²) < 4.78 is 0. The molecule has 0 atom stereocenters. The molecule has 108 valence electrons. The SMILES string of the molecule is Cc1cccc(NC(=O)CC(=O)Nc2ccccc2C)c1. The van der Waals surface area contributed by atoms with Crippen LogP contribution in [0.1, 0.15) is 17.5 Å². The van der Waals surface area contributed by atoms with Crippen molar-refractivity contribution in [2.75, 3.05) is 10.6 Å². The first kappa shape index (κ1) is 14.8. The Morgan fingerprint density at radius 3 is 2.33 bits per heavy atom. The summed E-state index contributed by atoms with van der Waals surface area (Å²) in [5.41, 5.74) is 3.44. The second kappa shape index (κ2) is 6.70. The number of benzene rings is 2. The van der Waals surface area contributed by atoms with Crippen molar-refractivity contribution in [1.29, 1.82) is 0 Å². The van der Waals surface area contributed by atoms with Gasteiger partial charge in [0.1, 0.15) is 6.42 Å². The lowest BCUT2D eigenvalue weighted by molar-refractivity contribution is -0.123. The van der Waals surface area contributed by atoms with E-state index in [0.717, 1.165) is 16.8 Å². The van der Waals surface area contributed by atoms with Crippen LogP contribution in [0, 0.1) is 13.8 Å². The summed E-state index contributed by atoms with van der Waals surface area (Å²) in [4.78, 5) is 23.7. The first-order valence-electron chi connectivity index (χ1n) is 6.76. The summed E-state index contributed by atoms with van der Waals surface area (Å²) in [6.45, 7) is 3.85. The van der Waals surface area contributed by atoms with Gasteiger partial charge in [0.15, 0.2) is 0 Å². The number of carbonyl (C=O) groups excluding carboxylic acids is 2. The van der Waals surface area contributed by atoms with E-state index in [1.807, 2.05) is 56.3 Å². The molecule has 2 N–H and O–H groups in total. The minimum absolute atomic E-state index is 0.206. The highest BCUT2D eigenvalue weighted by atomic mass is 16.2. The lowest BCUT2D eigenvalue weighted by Gasteiger charge is -2.09. The van der Waals surface area contributed by atoms with E-state index in [1.165, 1.54) is 0 Å². The van der Waals surface area contributed by atoms with Crippen molar-refractivity contribution in [3.8, 4) is 0 Å². The van der Waals surface area contributed by atoms with Gasteiger partial charge in [0.2, 0.25) is 11.8 Å². The zero-order valence-corrected chi connectivity index (χ0v) is 12.1. The van der Waals surface area contributed by atoms with Gasteiger partial charge in [-0.25, -0.2) is 0 Å². The van der Waals surface area contributed by atoms with E-state index in [2.05, 4.69) is 10.6 Å². The largest absolute Gasteiger partial charge is 0.326 e. The first-order valence-corrected chi connectivity index (χ1v) is 6.76. The molecule has 2 rings (SSSR count). The Bertz CT molecular complexity index is 665. The Balaban J connectivity index is 1.91. The van der Waals surface area contributed by atoms with Crippen LogP contribution in [0.2, 0.25) is 0 Å². The molecule has 0 bridgehead atoms. The van der Waals surface area contributed by atoms with Gasteiger partial charge in [0, 0.05) is 11.4 Å². The molecule has 0 spiro atoms. The molecule has 0 aromatic heterocycles. The van der Waals surface area contributed by atoms with Crippen molar-refractivity contribution < 1.29 is 9.59 Å². The number of hydrogen-bond donors (Lipinski definition) is 2. The maximum absolute atomic E-state index is 11.9. The Kier molecular flexibility index (Phi) is 4.72. The molecule has 2 aromatic carbocycles. The maximum Gasteiger partial charge on any atom is 0.233 e. The van der Waals surface area contributed by atoms with Crippen LogP contribution in [-0.2, 0) is 9.59 Å². The molecule has 0 saturated heterocycles. The van der Waals surface area contributed by atoms with Gasteiger partial charge in [-0.1, -0.05) is 30.3 Å². The number of para-hydroxylation sites is 1. The fourth-order valence-electron chi connectivity index (χ4n) is 1.98. The van der Waals surface area contributed by atoms with Crippen molar-refractivity contribution in [1.82, 2.24) is 0 Å². The monoisotopic (exact) mass is 282 g/mol. The molecule has 0 aliphatic heterocycles. The number of rotatable bonds is 4. The molecule has 0 radical (unpaired) electrons. The fourth-order valence-corrected chi connectivity index (χ4v) is 1.98. The average molecular weight is 282 g/mol. The number of anilines is 2. The first-order chi connectivity index (χ1) is 10.0. The molecule has 0 aliphatic carbocycles. The van der Waals surface area contributed by atoms with Gasteiger partial charge in [-0.15, -0.1) is 0 Å². The van der Waals surface area contributed by atoms with Crippen LogP contribution >= 0.6 is 0 Å². The number of carbonyl (C=O) groups is 2. The zero-order valence-electron chi connectivity index (χ0n) is 12.1. The third-order valence-corrected chi connectivity index (χ3v) is 3.04. The highest BCUT2D eigenvalue weighted by Gasteiger charge is 2.10. The second-order valence-corrected chi connectivity index (χ2v) is 4.96. The van der Waals surface area contributed by atoms with Crippen molar-refractivity contribution in [2.24, 2.45) is 0 Å². The van der Waals surface area contributed by atoms with Gasteiger partial charge in [0.25, 0.3) is 0 Å². The molecular formula is C17H18N2O2. The Morgan fingerprint density at radius 1 is 0.905 bits per heavy atom. The van der Waals surface area contributed by atoms with Crippen molar-refractivity contribution in [3.05, 3.63) is 59.7 Å². The number of amides is 2. The number of aryl methyl sites for hydroxylation is 2. The molecule has 4 nitrogen and oxygen atoms in total. The molecule has 2 aromatic rings. The molecule has 21 heavy (non-hydrogen) atoms. The van der Waals surface area contributed by atoms with E-state index in [-0.39, 0.29) is 18.2 Å². The topological polar surface area (TPSA) is 58.2 Å². The molecule has 0 fully saturated rings. The van der Waals surface area contributed by atoms with Crippen LogP contribution in [0.3, 0.4) is 0 Å². The highest BCUT2D eigenvalue weighted by molar-refractivity contribution is 6.08. The molecule has 0 unspecified atom stereocenters. The van der Waals surface area contributed by atoms with Crippen LogP contribution < -0.4 is 10.6 Å². The smallest absolute Gasteiger partial charge is 0.233 e. The van der Waals surface area contributed by atoms with Crippen LogP contribution in [0.15, 0.2) is 48.5 Å². The van der Waals surface area contributed by atoms with Crippen molar-refractivity contribution in [3.63, 3.8) is 0 Å². The van der Waals surface area contributed by atoms with E-state index >= 15 is 0 Å². The summed E-state index contributed by atoms with van der Waals surface area (Å²) in [6, 6.07) is 14.9. The summed E-state index contributed by atoms with van der Waals surface area (Å²) >= 11 is 0.